The Morgan fingerprint density at radius 3 is 2.88 bits per heavy atom. The van der Waals surface area contributed by atoms with E-state index in [1.807, 2.05) is 0 Å². The minimum atomic E-state index is -0.858. The molecule has 2 aromatic rings. The lowest BCUT2D eigenvalue weighted by molar-refractivity contribution is 0.0937. The summed E-state index contributed by atoms with van der Waals surface area (Å²) in [6, 6.07) is 4.61. The van der Waals surface area contributed by atoms with E-state index < -0.39 is 22.8 Å². The highest BCUT2D eigenvalue weighted by molar-refractivity contribution is 5.92. The van der Waals surface area contributed by atoms with Crippen LogP contribution >= 0.6 is 0 Å². The zero-order valence-corrected chi connectivity index (χ0v) is 8.84. The number of hydrogen-bond acceptors (Lipinski definition) is 5. The number of aromatic nitrogens is 2. The second-order valence-electron chi connectivity index (χ2n) is 3.37. The maximum absolute atomic E-state index is 11.8. The zero-order chi connectivity index (χ0) is 12.6. The van der Waals surface area contributed by atoms with Gasteiger partial charge in [-0.2, -0.15) is 5.26 Å². The van der Waals surface area contributed by atoms with E-state index in [4.69, 9.17) is 5.26 Å². The summed E-state index contributed by atoms with van der Waals surface area (Å²) in [5.41, 5.74) is -1.27. The predicted octanol–water partition coefficient (Wildman–Crippen LogP) is 0.634. The van der Waals surface area contributed by atoms with Crippen LogP contribution < -0.4 is 5.56 Å². The maximum Gasteiger partial charge on any atom is 0.280 e. The number of hydrogen-bond donors (Lipinski definition) is 1. The number of rotatable bonds is 0. The zero-order valence-electron chi connectivity index (χ0n) is 8.84. The Bertz CT molecular complexity index is 725. The molecule has 0 bridgehead atoms. The fourth-order valence-corrected chi connectivity index (χ4v) is 1.60. The van der Waals surface area contributed by atoms with Crippen molar-refractivity contribution in [2.24, 2.45) is 0 Å². The van der Waals surface area contributed by atoms with E-state index in [9.17, 15) is 14.7 Å². The van der Waals surface area contributed by atoms with E-state index in [1.54, 1.807) is 6.07 Å². The molecule has 0 saturated heterocycles. The smallest absolute Gasteiger partial charge is 0.280 e. The fourth-order valence-electron chi connectivity index (χ4n) is 1.60. The Kier molecular flexibility index (Phi) is 2.37. The Morgan fingerprint density at radius 1 is 1.59 bits per heavy atom. The minimum Gasteiger partial charge on any atom is -0.506 e. The van der Waals surface area contributed by atoms with Crippen molar-refractivity contribution in [2.45, 2.75) is 6.92 Å². The van der Waals surface area contributed by atoms with Gasteiger partial charge in [0.05, 0.1) is 5.39 Å². The highest BCUT2D eigenvalue weighted by atomic mass is 16.3. The number of pyridine rings is 2. The lowest BCUT2D eigenvalue weighted by Crippen LogP contribution is -2.27. The quantitative estimate of drug-likeness (QED) is 0.714. The summed E-state index contributed by atoms with van der Waals surface area (Å²) in [5.74, 6) is -1.01. The molecular weight excluding hydrogens is 222 g/mol. The van der Waals surface area contributed by atoms with Gasteiger partial charge in [-0.3, -0.25) is 9.59 Å². The predicted molar refractivity (Wildman–Crippen MR) is 58.7 cm³/mol. The number of fused-ring (bicyclic) bond motifs is 1. The van der Waals surface area contributed by atoms with Crippen molar-refractivity contribution >= 4 is 16.9 Å². The van der Waals surface area contributed by atoms with Crippen molar-refractivity contribution in [3.63, 3.8) is 0 Å². The molecule has 0 aliphatic rings. The lowest BCUT2D eigenvalue weighted by Gasteiger charge is -2.07. The molecule has 0 saturated carbocycles. The molecule has 0 fully saturated rings. The molecule has 0 aromatic carbocycles. The fraction of sp³-hybridized carbons (Fsp3) is 0.0909. The Labute approximate surface area is 95.4 Å². The normalized spacial score (nSPS) is 10.1. The molecule has 0 atom stereocenters. The van der Waals surface area contributed by atoms with Gasteiger partial charge < -0.3 is 5.11 Å². The first-order valence-corrected chi connectivity index (χ1v) is 4.71. The van der Waals surface area contributed by atoms with E-state index in [0.29, 0.717) is 0 Å². The van der Waals surface area contributed by atoms with Gasteiger partial charge in [-0.25, -0.2) is 9.55 Å². The number of aromatic hydroxyl groups is 1. The molecule has 0 radical (unpaired) electrons. The van der Waals surface area contributed by atoms with Crippen LogP contribution in [-0.4, -0.2) is 20.6 Å². The summed E-state index contributed by atoms with van der Waals surface area (Å²) in [7, 11) is 0. The molecular formula is C11H7N3O3. The summed E-state index contributed by atoms with van der Waals surface area (Å²) in [5, 5.41) is 18.8. The van der Waals surface area contributed by atoms with Crippen LogP contribution in [0.4, 0.5) is 0 Å². The maximum atomic E-state index is 11.8. The van der Waals surface area contributed by atoms with Crippen LogP contribution in [-0.2, 0) is 0 Å². The van der Waals surface area contributed by atoms with Crippen molar-refractivity contribution in [1.29, 1.82) is 5.26 Å². The Balaban J connectivity index is 3.14. The van der Waals surface area contributed by atoms with Crippen LogP contribution in [0.15, 0.2) is 23.1 Å². The van der Waals surface area contributed by atoms with Crippen LogP contribution in [0.3, 0.4) is 0 Å². The molecule has 6 heteroatoms. The van der Waals surface area contributed by atoms with Crippen molar-refractivity contribution in [1.82, 2.24) is 9.55 Å². The molecule has 17 heavy (non-hydrogen) atoms. The van der Waals surface area contributed by atoms with E-state index in [-0.39, 0.29) is 11.0 Å². The average Bonchev–Trinajstić information content (AvgIpc) is 2.29. The Hall–Kier alpha value is -2.68. The molecule has 1 N–H and O–H groups in total. The molecule has 0 aliphatic carbocycles. The third-order valence-corrected chi connectivity index (χ3v) is 2.33. The first-order valence-electron chi connectivity index (χ1n) is 4.71. The van der Waals surface area contributed by atoms with Crippen LogP contribution in [0, 0.1) is 11.3 Å². The van der Waals surface area contributed by atoms with Gasteiger partial charge in [0.25, 0.3) is 5.56 Å². The third kappa shape index (κ3) is 1.45. The summed E-state index contributed by atoms with van der Waals surface area (Å²) >= 11 is 0. The number of carbonyl (C=O) groups excluding carboxylic acids is 1. The van der Waals surface area contributed by atoms with Crippen LogP contribution in [0.5, 0.6) is 5.75 Å². The van der Waals surface area contributed by atoms with Gasteiger partial charge in [-0.15, -0.1) is 0 Å². The number of carbonyl (C=O) groups is 1. The van der Waals surface area contributed by atoms with Gasteiger partial charge in [0.2, 0.25) is 5.91 Å². The van der Waals surface area contributed by atoms with Crippen molar-refractivity contribution in [3.05, 3.63) is 34.2 Å². The van der Waals surface area contributed by atoms with Crippen LogP contribution in [0.25, 0.3) is 11.0 Å². The molecule has 0 amide bonds. The SMILES string of the molecule is CC(=O)n1c(=O)c(C#N)c(O)c2cccnc21. The van der Waals surface area contributed by atoms with Gasteiger partial charge in [0, 0.05) is 13.1 Å². The molecule has 0 aliphatic heterocycles. The first kappa shape index (κ1) is 10.8. The van der Waals surface area contributed by atoms with E-state index in [1.165, 1.54) is 25.3 Å². The number of nitrogens with zero attached hydrogens (tertiary/aromatic N) is 3. The molecule has 2 heterocycles. The highest BCUT2D eigenvalue weighted by Crippen LogP contribution is 2.23. The van der Waals surface area contributed by atoms with Gasteiger partial charge in [0.15, 0.2) is 11.2 Å². The summed E-state index contributed by atoms with van der Waals surface area (Å²) < 4.78 is 0.771. The molecule has 6 nitrogen and oxygen atoms in total. The van der Waals surface area contributed by atoms with E-state index in [2.05, 4.69) is 4.98 Å². The summed E-state index contributed by atoms with van der Waals surface area (Å²) in [4.78, 5) is 27.1. The first-order chi connectivity index (χ1) is 8.07. The van der Waals surface area contributed by atoms with Crippen LogP contribution in [0.1, 0.15) is 17.3 Å². The molecule has 2 aromatic heterocycles. The third-order valence-electron chi connectivity index (χ3n) is 2.33. The van der Waals surface area contributed by atoms with E-state index >= 15 is 0 Å². The molecule has 2 rings (SSSR count). The lowest BCUT2D eigenvalue weighted by atomic mass is 10.2. The molecule has 0 unspecified atom stereocenters. The highest BCUT2D eigenvalue weighted by Gasteiger charge is 2.18. The van der Waals surface area contributed by atoms with Crippen LogP contribution in [0.2, 0.25) is 0 Å². The second kappa shape index (κ2) is 3.72. The topological polar surface area (TPSA) is 96.0 Å². The second-order valence-corrected chi connectivity index (χ2v) is 3.37. The largest absolute Gasteiger partial charge is 0.506 e. The van der Waals surface area contributed by atoms with Gasteiger partial charge >= 0.3 is 0 Å². The van der Waals surface area contributed by atoms with Crippen molar-refractivity contribution in [2.75, 3.05) is 0 Å². The molecule has 84 valence electrons. The van der Waals surface area contributed by atoms with Gasteiger partial charge in [-0.1, -0.05) is 0 Å². The summed E-state index contributed by atoms with van der Waals surface area (Å²) in [6.07, 6.45) is 1.40. The van der Waals surface area contributed by atoms with Crippen molar-refractivity contribution < 1.29 is 9.90 Å². The van der Waals surface area contributed by atoms with Gasteiger partial charge in [-0.05, 0) is 12.1 Å². The molecule has 0 spiro atoms. The number of nitriles is 1. The summed E-state index contributed by atoms with van der Waals surface area (Å²) in [6.45, 7) is 1.19. The monoisotopic (exact) mass is 229 g/mol. The Morgan fingerprint density at radius 2 is 2.29 bits per heavy atom. The van der Waals surface area contributed by atoms with E-state index in [0.717, 1.165) is 4.57 Å². The minimum absolute atomic E-state index is 0.0431. The van der Waals surface area contributed by atoms with Crippen molar-refractivity contribution in [3.8, 4) is 11.8 Å². The van der Waals surface area contributed by atoms with Gasteiger partial charge in [0.1, 0.15) is 11.8 Å². The standard InChI is InChI=1S/C11H7N3O3/c1-6(15)14-10-7(3-2-4-13-10)9(16)8(5-12)11(14)17/h2-4,16H,1H3. The average molecular weight is 229 g/mol.